The number of ether oxygens (including phenoxy) is 1. The van der Waals surface area contributed by atoms with E-state index in [1.54, 1.807) is 32.9 Å². The van der Waals surface area contributed by atoms with Gasteiger partial charge in [-0.2, -0.15) is 4.31 Å². The number of sulfonamides is 1. The Hall–Kier alpha value is -2.79. The van der Waals surface area contributed by atoms with E-state index >= 15 is 0 Å². The fraction of sp³-hybridized carbons (Fsp3) is 0.381. The number of para-hydroxylation sites is 1. The number of carbonyl (C=O) groups is 1. The summed E-state index contributed by atoms with van der Waals surface area (Å²) in [5.41, 5.74) is 0.832. The maximum absolute atomic E-state index is 12.6. The maximum atomic E-state index is 12.6. The Kier molecular flexibility index (Phi) is 8.51. The molecule has 0 saturated heterocycles. The van der Waals surface area contributed by atoms with Crippen LogP contribution in [0.25, 0.3) is 0 Å². The molecule has 0 aliphatic heterocycles. The zero-order valence-corrected chi connectivity index (χ0v) is 18.8. The molecule has 7 nitrogen and oxygen atoms in total. The number of carbonyl (C=O) groups excluding carboxylic acids is 1. The number of alkyl halides is 3. The van der Waals surface area contributed by atoms with E-state index < -0.39 is 34.2 Å². The van der Waals surface area contributed by atoms with Gasteiger partial charge in [-0.15, -0.1) is 13.2 Å². The standard InChI is InChI=1S/C21H26F3N3O4S/c1-4-27(5-2)32(29,30)18-12-10-16(11-13-18)15(3)26-20(28)25-14-17-8-6-7-9-19(17)31-21(22,23)24/h6-13,15H,4-5,14H2,1-3H3,(H2,25,26,28). The Balaban J connectivity index is 1.99. The van der Waals surface area contributed by atoms with Crippen LogP contribution in [0, 0.1) is 0 Å². The quantitative estimate of drug-likeness (QED) is 0.572. The first-order chi connectivity index (χ1) is 15.0. The van der Waals surface area contributed by atoms with Crippen LogP contribution < -0.4 is 15.4 Å². The van der Waals surface area contributed by atoms with Crippen molar-refractivity contribution in [1.29, 1.82) is 0 Å². The topological polar surface area (TPSA) is 87.7 Å². The molecule has 0 spiro atoms. The molecule has 2 aromatic rings. The molecule has 0 bridgehead atoms. The van der Waals surface area contributed by atoms with E-state index in [2.05, 4.69) is 15.4 Å². The predicted octanol–water partition coefficient (Wildman–Crippen LogP) is 4.18. The van der Waals surface area contributed by atoms with E-state index in [1.165, 1.54) is 40.7 Å². The van der Waals surface area contributed by atoms with Crippen LogP contribution in [0.3, 0.4) is 0 Å². The third-order valence-electron chi connectivity index (χ3n) is 4.71. The minimum Gasteiger partial charge on any atom is -0.405 e. The summed E-state index contributed by atoms with van der Waals surface area (Å²) >= 11 is 0. The van der Waals surface area contributed by atoms with Gasteiger partial charge in [0.1, 0.15) is 5.75 Å². The Morgan fingerprint density at radius 1 is 1.06 bits per heavy atom. The zero-order valence-electron chi connectivity index (χ0n) is 17.9. The van der Waals surface area contributed by atoms with Crippen molar-refractivity contribution in [2.75, 3.05) is 13.1 Å². The van der Waals surface area contributed by atoms with Gasteiger partial charge in [0.05, 0.1) is 10.9 Å². The van der Waals surface area contributed by atoms with E-state index in [9.17, 15) is 26.4 Å². The van der Waals surface area contributed by atoms with Gasteiger partial charge in [-0.3, -0.25) is 0 Å². The van der Waals surface area contributed by atoms with Crippen molar-refractivity contribution in [2.45, 2.75) is 44.6 Å². The van der Waals surface area contributed by atoms with Crippen LogP contribution in [-0.4, -0.2) is 38.2 Å². The minimum absolute atomic E-state index is 0.155. The molecule has 2 aromatic carbocycles. The summed E-state index contributed by atoms with van der Waals surface area (Å²) in [7, 11) is -3.58. The molecule has 0 aliphatic carbocycles. The second-order valence-corrected chi connectivity index (χ2v) is 8.80. The molecule has 1 unspecified atom stereocenters. The summed E-state index contributed by atoms with van der Waals surface area (Å²) in [6.07, 6.45) is -4.84. The molecular weight excluding hydrogens is 447 g/mol. The summed E-state index contributed by atoms with van der Waals surface area (Å²) in [4.78, 5) is 12.4. The van der Waals surface area contributed by atoms with Crippen molar-refractivity contribution >= 4 is 16.1 Å². The third-order valence-corrected chi connectivity index (χ3v) is 6.77. The number of halogens is 3. The minimum atomic E-state index is -4.84. The van der Waals surface area contributed by atoms with E-state index in [0.717, 1.165) is 0 Å². The van der Waals surface area contributed by atoms with Gasteiger partial charge in [0.15, 0.2) is 0 Å². The number of nitrogens with one attached hydrogen (secondary N) is 2. The smallest absolute Gasteiger partial charge is 0.405 e. The molecule has 2 N–H and O–H groups in total. The largest absolute Gasteiger partial charge is 0.573 e. The first-order valence-electron chi connectivity index (χ1n) is 9.96. The summed E-state index contributed by atoms with van der Waals surface area (Å²) < 4.78 is 67.9. The molecule has 0 heterocycles. The summed E-state index contributed by atoms with van der Waals surface area (Å²) in [5, 5.41) is 5.16. The van der Waals surface area contributed by atoms with Gasteiger partial charge in [-0.05, 0) is 30.7 Å². The number of rotatable bonds is 9. The average Bonchev–Trinajstić information content (AvgIpc) is 2.72. The Labute approximate surface area is 185 Å². The third kappa shape index (κ3) is 6.86. The fourth-order valence-electron chi connectivity index (χ4n) is 3.02. The first-order valence-corrected chi connectivity index (χ1v) is 11.4. The highest BCUT2D eigenvalue weighted by Gasteiger charge is 2.32. The van der Waals surface area contributed by atoms with E-state index in [1.807, 2.05) is 0 Å². The molecule has 2 rings (SSSR count). The number of amides is 2. The van der Waals surface area contributed by atoms with Gasteiger partial charge in [-0.1, -0.05) is 44.2 Å². The average molecular weight is 474 g/mol. The molecular formula is C21H26F3N3O4S. The van der Waals surface area contributed by atoms with Gasteiger partial charge in [0, 0.05) is 25.2 Å². The van der Waals surface area contributed by atoms with E-state index in [-0.39, 0.29) is 17.0 Å². The lowest BCUT2D eigenvalue weighted by molar-refractivity contribution is -0.274. The highest BCUT2D eigenvalue weighted by molar-refractivity contribution is 7.89. The highest BCUT2D eigenvalue weighted by Crippen LogP contribution is 2.26. The molecule has 0 aromatic heterocycles. The molecule has 0 radical (unpaired) electrons. The Bertz CT molecular complexity index is 1010. The molecule has 2 amide bonds. The number of hydrogen-bond acceptors (Lipinski definition) is 4. The van der Waals surface area contributed by atoms with Gasteiger partial charge < -0.3 is 15.4 Å². The number of benzene rings is 2. The maximum Gasteiger partial charge on any atom is 0.573 e. The molecule has 11 heteroatoms. The van der Waals surface area contributed by atoms with E-state index in [4.69, 9.17) is 0 Å². The second-order valence-electron chi connectivity index (χ2n) is 6.86. The van der Waals surface area contributed by atoms with Crippen molar-refractivity contribution in [2.24, 2.45) is 0 Å². The second kappa shape index (κ2) is 10.7. The lowest BCUT2D eigenvalue weighted by Gasteiger charge is -2.19. The van der Waals surface area contributed by atoms with Crippen LogP contribution in [0.2, 0.25) is 0 Å². The Morgan fingerprint density at radius 2 is 1.66 bits per heavy atom. The molecule has 32 heavy (non-hydrogen) atoms. The van der Waals surface area contributed by atoms with Crippen LogP contribution in [0.5, 0.6) is 5.75 Å². The lowest BCUT2D eigenvalue weighted by Crippen LogP contribution is -2.36. The molecule has 0 fully saturated rings. The van der Waals surface area contributed by atoms with Gasteiger partial charge >= 0.3 is 12.4 Å². The number of hydrogen-bond donors (Lipinski definition) is 2. The van der Waals surface area contributed by atoms with Crippen LogP contribution in [0.4, 0.5) is 18.0 Å². The number of urea groups is 1. The van der Waals surface area contributed by atoms with Crippen molar-refractivity contribution < 1.29 is 31.1 Å². The molecule has 1 atom stereocenters. The van der Waals surface area contributed by atoms with Crippen LogP contribution in [0.1, 0.15) is 37.9 Å². The molecule has 176 valence electrons. The van der Waals surface area contributed by atoms with Crippen molar-refractivity contribution in [1.82, 2.24) is 14.9 Å². The summed E-state index contributed by atoms with van der Waals surface area (Å²) in [6, 6.07) is 10.6. The highest BCUT2D eigenvalue weighted by atomic mass is 32.2. The van der Waals surface area contributed by atoms with Gasteiger partial charge in [-0.25, -0.2) is 13.2 Å². The molecule has 0 saturated carbocycles. The normalized spacial score (nSPS) is 13.0. The number of nitrogens with zero attached hydrogens (tertiary/aromatic N) is 1. The summed E-state index contributed by atoms with van der Waals surface area (Å²) in [5.74, 6) is -0.390. The van der Waals surface area contributed by atoms with Crippen LogP contribution >= 0.6 is 0 Å². The van der Waals surface area contributed by atoms with Crippen LogP contribution in [0.15, 0.2) is 53.4 Å². The zero-order chi connectivity index (χ0) is 23.9. The first kappa shape index (κ1) is 25.5. The lowest BCUT2D eigenvalue weighted by atomic mass is 10.1. The SMILES string of the molecule is CCN(CC)S(=O)(=O)c1ccc(C(C)NC(=O)NCc2ccccc2OC(F)(F)F)cc1. The van der Waals surface area contributed by atoms with Crippen molar-refractivity contribution in [3.8, 4) is 5.75 Å². The van der Waals surface area contributed by atoms with Gasteiger partial charge in [0.25, 0.3) is 0 Å². The summed E-state index contributed by atoms with van der Waals surface area (Å²) in [6.45, 7) is 5.76. The van der Waals surface area contributed by atoms with Crippen molar-refractivity contribution in [3.05, 3.63) is 59.7 Å². The monoisotopic (exact) mass is 473 g/mol. The van der Waals surface area contributed by atoms with E-state index in [0.29, 0.717) is 18.7 Å². The fourth-order valence-corrected chi connectivity index (χ4v) is 4.48. The van der Waals surface area contributed by atoms with Crippen molar-refractivity contribution in [3.63, 3.8) is 0 Å². The van der Waals surface area contributed by atoms with Crippen LogP contribution in [-0.2, 0) is 16.6 Å². The Morgan fingerprint density at radius 3 is 2.22 bits per heavy atom. The predicted molar refractivity (Wildman–Crippen MR) is 113 cm³/mol. The van der Waals surface area contributed by atoms with Gasteiger partial charge in [0.2, 0.25) is 10.0 Å². The molecule has 0 aliphatic rings.